The van der Waals surface area contributed by atoms with Crippen LogP contribution in [0.1, 0.15) is 147 Å². The first-order chi connectivity index (χ1) is 41.4. The van der Waals surface area contributed by atoms with E-state index in [9.17, 15) is 14.9 Å². The highest BCUT2D eigenvalue weighted by atomic mass is 16.7. The minimum absolute atomic E-state index is 0.00617. The number of carbonyl (C=O) groups excluding carboxylic acids is 1. The summed E-state index contributed by atoms with van der Waals surface area (Å²) in [6.45, 7) is 22.5. The number of aromatic carboxylic acids is 1. The van der Waals surface area contributed by atoms with E-state index in [-0.39, 0.29) is 52.0 Å². The quantitative estimate of drug-likeness (QED) is 0.0469. The highest BCUT2D eigenvalue weighted by molar-refractivity contribution is 5.99. The lowest BCUT2D eigenvalue weighted by Crippen LogP contribution is -2.44. The first-order valence-electron chi connectivity index (χ1n) is 28.4. The monoisotopic (exact) mass is 1180 g/mol. The van der Waals surface area contributed by atoms with Gasteiger partial charge in [-0.15, -0.1) is 0 Å². The maximum atomic E-state index is 12.1. The second-order valence-electron chi connectivity index (χ2n) is 23.6. The molecule has 0 unspecified atom stereocenters. The summed E-state index contributed by atoms with van der Waals surface area (Å²) in [5.41, 5.74) is 13.9. The van der Waals surface area contributed by atoms with Crippen molar-refractivity contribution >= 4 is 17.7 Å². The van der Waals surface area contributed by atoms with Crippen LogP contribution in [0.25, 0.3) is 22.8 Å². The van der Waals surface area contributed by atoms with E-state index in [1.54, 1.807) is 30.5 Å². The molecule has 0 amide bonds. The zero-order valence-electron chi connectivity index (χ0n) is 50.4. The van der Waals surface area contributed by atoms with Crippen LogP contribution in [0.3, 0.4) is 0 Å². The lowest BCUT2D eigenvalue weighted by Gasteiger charge is -2.42. The Labute approximate surface area is 505 Å². The van der Waals surface area contributed by atoms with Gasteiger partial charge in [0.2, 0.25) is 5.82 Å². The molecule has 2 fully saturated rings. The van der Waals surface area contributed by atoms with Crippen molar-refractivity contribution in [2.45, 2.75) is 125 Å². The highest BCUT2D eigenvalue weighted by Crippen LogP contribution is 2.49. The van der Waals surface area contributed by atoms with Gasteiger partial charge in [-0.05, 0) is 120 Å². The number of fused-ring (bicyclic) bond motifs is 4. The Bertz CT molecular complexity index is 3770. The molecule has 2 aromatic heterocycles. The molecular formula is C66H71N9O12. The zero-order chi connectivity index (χ0) is 62.8. The Kier molecular flexibility index (Phi) is 19.6. The van der Waals surface area contributed by atoms with Gasteiger partial charge in [0.25, 0.3) is 11.8 Å². The highest BCUT2D eigenvalue weighted by Gasteiger charge is 2.48. The minimum atomic E-state index is -1.05. The Morgan fingerprint density at radius 2 is 1.15 bits per heavy atom. The van der Waals surface area contributed by atoms with Gasteiger partial charge in [-0.3, -0.25) is 9.36 Å². The number of hydrogen-bond acceptors (Lipinski definition) is 18. The lowest BCUT2D eigenvalue weighted by atomic mass is 9.93. The Morgan fingerprint density at radius 3 is 1.64 bits per heavy atom. The van der Waals surface area contributed by atoms with Gasteiger partial charge in [-0.1, -0.05) is 74.4 Å². The molecule has 2 saturated heterocycles. The molecule has 4 heterocycles. The van der Waals surface area contributed by atoms with Crippen molar-refractivity contribution in [3.8, 4) is 58.3 Å². The Hall–Kier alpha value is -9.43. The van der Waals surface area contributed by atoms with Crippen LogP contribution in [-0.2, 0) is 43.4 Å². The number of nitrogens with two attached hydrogens (primary N) is 1. The fourth-order valence-electron chi connectivity index (χ4n) is 10.1. The van der Waals surface area contributed by atoms with E-state index in [0.717, 1.165) is 59.1 Å². The van der Waals surface area contributed by atoms with Gasteiger partial charge in [-0.2, -0.15) is 20.8 Å². The number of hydrogen-bond donors (Lipinski definition) is 3. The summed E-state index contributed by atoms with van der Waals surface area (Å²) in [5.74, 6) is -0.193. The summed E-state index contributed by atoms with van der Waals surface area (Å²) in [7, 11) is 0. The molecule has 4 N–H and O–H groups in total. The maximum absolute atomic E-state index is 12.1. The van der Waals surface area contributed by atoms with Gasteiger partial charge in [0.1, 0.15) is 41.8 Å². The predicted molar refractivity (Wildman–Crippen MR) is 319 cm³/mol. The molecule has 2 spiro atoms. The van der Waals surface area contributed by atoms with Crippen LogP contribution in [0.2, 0.25) is 0 Å². The molecule has 4 aliphatic rings. The van der Waals surface area contributed by atoms with Crippen LogP contribution in [0.15, 0.2) is 119 Å². The van der Waals surface area contributed by atoms with Gasteiger partial charge in [0, 0.05) is 69.4 Å². The molecule has 11 rings (SSSR count). The molecule has 0 bridgehead atoms. The third-order valence-corrected chi connectivity index (χ3v) is 14.3. The number of ether oxygens (including phenoxy) is 7. The van der Waals surface area contributed by atoms with Gasteiger partial charge in [0.15, 0.2) is 17.4 Å². The van der Waals surface area contributed by atoms with Gasteiger partial charge in [-0.25, -0.2) is 9.78 Å². The lowest BCUT2D eigenvalue weighted by molar-refractivity contribution is -0.306. The molecule has 0 atom stereocenters. The van der Waals surface area contributed by atoms with E-state index in [1.165, 1.54) is 41.4 Å². The second kappa shape index (κ2) is 26.9. The fourth-order valence-corrected chi connectivity index (χ4v) is 10.1. The van der Waals surface area contributed by atoms with Gasteiger partial charge >= 0.3 is 5.97 Å². The maximum Gasteiger partial charge on any atom is 0.335 e. The molecule has 2 aliphatic heterocycles. The molecule has 7 aromatic rings. The number of amidine groups is 1. The zero-order valence-corrected chi connectivity index (χ0v) is 50.4. The number of nitriles is 3. The minimum Gasteiger partial charge on any atom is -0.490 e. The van der Waals surface area contributed by atoms with Crippen LogP contribution >= 0.6 is 0 Å². The molecule has 2 aliphatic carbocycles. The van der Waals surface area contributed by atoms with Crippen LogP contribution < -0.4 is 19.9 Å². The van der Waals surface area contributed by atoms with Crippen molar-refractivity contribution < 1.29 is 57.6 Å². The van der Waals surface area contributed by atoms with Crippen molar-refractivity contribution in [2.24, 2.45) is 21.7 Å². The smallest absolute Gasteiger partial charge is 0.335 e. The van der Waals surface area contributed by atoms with E-state index in [1.807, 2.05) is 90.1 Å². The van der Waals surface area contributed by atoms with Crippen LogP contribution in [0.5, 0.6) is 17.2 Å². The number of aromatic nitrogens is 4. The molecule has 21 nitrogen and oxygen atoms in total. The van der Waals surface area contributed by atoms with E-state index >= 15 is 0 Å². The molecule has 21 heteroatoms. The molecule has 0 saturated carbocycles. The number of oxime groups is 1. The van der Waals surface area contributed by atoms with E-state index in [0.29, 0.717) is 77.6 Å². The SMILES string of the molecule is CC(C)Oc1ccc(-c2nc(-c3cccc4c3CCC43OCC(C)(C)CO3)no2)cc1C#N.CC(C)Oc1ccc(C(=O)O)cc1C#N.CC(C)Oc1ccc(C(=O)n2ccnc2)cc1C#N.CC1(C)COC2(CCc3c(C(N)=NO)cccc32)OC1. The number of imidazole rings is 1. The van der Waals surface area contributed by atoms with Crippen molar-refractivity contribution in [1.29, 1.82) is 15.8 Å². The van der Waals surface area contributed by atoms with E-state index < -0.39 is 17.5 Å². The second-order valence-corrected chi connectivity index (χ2v) is 23.6. The summed E-state index contributed by atoms with van der Waals surface area (Å²) < 4.78 is 48.2. The number of carboxylic acid groups (broad SMARTS) is 1. The number of nitrogens with zero attached hydrogens (tertiary/aromatic N) is 8. The average Bonchev–Trinajstić information content (AvgIpc) is 1.67. The first kappa shape index (κ1) is 63.6. The van der Waals surface area contributed by atoms with Crippen LogP contribution in [0.4, 0.5) is 0 Å². The third-order valence-electron chi connectivity index (χ3n) is 14.3. The summed E-state index contributed by atoms with van der Waals surface area (Å²) in [5, 5.41) is 52.4. The number of rotatable bonds is 11. The summed E-state index contributed by atoms with van der Waals surface area (Å²) in [6, 6.07) is 32.3. The van der Waals surface area contributed by atoms with Crippen molar-refractivity contribution in [3.63, 3.8) is 0 Å². The predicted octanol–water partition coefficient (Wildman–Crippen LogP) is 11.5. The average molecular weight is 1180 g/mol. The standard InChI is InChI=1S/C26H27N3O4.C15H20N2O3.C14H13N3O2.C11H11NO3/c1-16(2)32-22-9-8-17(12-18(22)13-27)24-28-23(29-33-24)20-6-5-7-21-19(20)10-11-26(21)30-14-25(3,4)15-31-26;1-14(2)8-19-15(20-9-14)7-6-10-11(13(16)17-18)4-3-5-12(10)15;1-10(2)19-13-4-3-11(7-12(13)8-15)14(18)17-6-5-16-9-17;1-7(2)15-10-4-3-8(11(13)14)5-9(10)6-12/h5-9,12,16H,10-11,14-15H2,1-4H3;3-5,18H,6-9H2,1-2H3,(H2,16,17);3-7,9-10H,1-2H3;3-5,7H,1-2H3,(H,13,14). The molecule has 5 aromatic carbocycles. The van der Waals surface area contributed by atoms with Crippen LogP contribution in [-0.4, -0.2) is 92.5 Å². The van der Waals surface area contributed by atoms with E-state index in [2.05, 4.69) is 60.1 Å². The largest absolute Gasteiger partial charge is 0.490 e. The summed E-state index contributed by atoms with van der Waals surface area (Å²) in [4.78, 5) is 31.2. The fraction of sp³-hybridized carbons (Fsp3) is 0.379. The first-order valence-corrected chi connectivity index (χ1v) is 28.4. The van der Waals surface area contributed by atoms with Gasteiger partial charge in [0.05, 0.1) is 67.0 Å². The molecule has 87 heavy (non-hydrogen) atoms. The molecule has 0 radical (unpaired) electrons. The normalized spacial score (nSPS) is 16.3. The van der Waals surface area contributed by atoms with E-state index in [4.69, 9.17) is 64.3 Å². The number of carboxylic acids is 1. The topological polar surface area (TPSA) is 306 Å². The Morgan fingerprint density at radius 1 is 0.667 bits per heavy atom. The van der Waals surface area contributed by atoms with Crippen molar-refractivity contribution in [2.75, 3.05) is 26.4 Å². The van der Waals surface area contributed by atoms with Crippen molar-refractivity contribution in [1.82, 2.24) is 19.7 Å². The van der Waals surface area contributed by atoms with Gasteiger partial charge < -0.3 is 53.7 Å². The van der Waals surface area contributed by atoms with Crippen LogP contribution in [0, 0.1) is 44.8 Å². The summed E-state index contributed by atoms with van der Waals surface area (Å²) >= 11 is 0. The number of benzene rings is 5. The van der Waals surface area contributed by atoms with Crippen molar-refractivity contribution in [3.05, 3.63) is 165 Å². The summed E-state index contributed by atoms with van der Waals surface area (Å²) in [6.07, 6.45) is 7.58. The molecular weight excluding hydrogens is 1110 g/mol. The third kappa shape index (κ3) is 14.8. The Balaban J connectivity index is 0.000000158. The number of carbonyl (C=O) groups is 2. The molecule has 452 valence electrons.